The third-order valence-electron chi connectivity index (χ3n) is 3.53. The number of hydrogen-bond donors (Lipinski definition) is 2. The van der Waals surface area contributed by atoms with Crippen molar-refractivity contribution in [2.24, 2.45) is 10.9 Å². The first-order valence-corrected chi connectivity index (χ1v) is 8.43. The molecule has 1 saturated heterocycles. The van der Waals surface area contributed by atoms with E-state index in [0.717, 1.165) is 51.9 Å². The van der Waals surface area contributed by atoms with Crippen molar-refractivity contribution in [3.63, 3.8) is 0 Å². The summed E-state index contributed by atoms with van der Waals surface area (Å²) in [7, 11) is 1.82. The van der Waals surface area contributed by atoms with Crippen LogP contribution in [0.1, 0.15) is 11.8 Å². The van der Waals surface area contributed by atoms with E-state index in [2.05, 4.69) is 45.0 Å². The minimum absolute atomic E-state index is 0. The molecule has 2 rings (SSSR count). The Morgan fingerprint density at radius 2 is 2.18 bits per heavy atom. The fraction of sp³-hybridized carbons (Fsp3) is 0.667. The molecule has 1 aliphatic rings. The summed E-state index contributed by atoms with van der Waals surface area (Å²) in [4.78, 5) is 8.06. The number of ether oxygens (including phenoxy) is 1. The van der Waals surface area contributed by atoms with E-state index in [0.29, 0.717) is 5.92 Å². The molecule has 1 atom stereocenters. The van der Waals surface area contributed by atoms with Gasteiger partial charge in [0.25, 0.3) is 0 Å². The molecule has 0 aliphatic carbocycles. The SMILES string of the molecule is CN=C(NCc1cccs1)NCC(C)CN1CCOCC1.I. The van der Waals surface area contributed by atoms with E-state index in [4.69, 9.17) is 4.74 Å². The summed E-state index contributed by atoms with van der Waals surface area (Å²) in [6, 6.07) is 4.20. The number of aliphatic imine (C=N–C) groups is 1. The van der Waals surface area contributed by atoms with Crippen molar-refractivity contribution in [3.05, 3.63) is 22.4 Å². The number of morpholine rings is 1. The van der Waals surface area contributed by atoms with Gasteiger partial charge in [-0.2, -0.15) is 0 Å². The van der Waals surface area contributed by atoms with Gasteiger partial charge in [0.05, 0.1) is 19.8 Å². The molecular weight excluding hydrogens is 411 g/mol. The van der Waals surface area contributed by atoms with E-state index >= 15 is 0 Å². The van der Waals surface area contributed by atoms with E-state index in [1.807, 2.05) is 7.05 Å². The summed E-state index contributed by atoms with van der Waals surface area (Å²) in [5, 5.41) is 8.85. The van der Waals surface area contributed by atoms with Crippen molar-refractivity contribution >= 4 is 41.3 Å². The van der Waals surface area contributed by atoms with Crippen LogP contribution in [0.4, 0.5) is 0 Å². The highest BCUT2D eigenvalue weighted by atomic mass is 127. The van der Waals surface area contributed by atoms with Crippen LogP contribution < -0.4 is 10.6 Å². The Kier molecular flexibility index (Phi) is 10.0. The van der Waals surface area contributed by atoms with E-state index in [1.54, 1.807) is 11.3 Å². The number of nitrogens with zero attached hydrogens (tertiary/aromatic N) is 2. The van der Waals surface area contributed by atoms with E-state index in [-0.39, 0.29) is 24.0 Å². The Morgan fingerprint density at radius 1 is 1.41 bits per heavy atom. The molecule has 0 bridgehead atoms. The Labute approximate surface area is 154 Å². The van der Waals surface area contributed by atoms with Gasteiger partial charge in [0.15, 0.2) is 5.96 Å². The van der Waals surface area contributed by atoms with Gasteiger partial charge in [0.1, 0.15) is 0 Å². The number of nitrogens with one attached hydrogen (secondary N) is 2. The third kappa shape index (κ3) is 7.26. The van der Waals surface area contributed by atoms with Gasteiger partial charge in [0, 0.05) is 38.1 Å². The van der Waals surface area contributed by atoms with E-state index in [1.165, 1.54) is 4.88 Å². The van der Waals surface area contributed by atoms with E-state index < -0.39 is 0 Å². The molecule has 2 heterocycles. The van der Waals surface area contributed by atoms with Gasteiger partial charge in [-0.15, -0.1) is 35.3 Å². The molecule has 5 nitrogen and oxygen atoms in total. The zero-order valence-electron chi connectivity index (χ0n) is 13.4. The number of hydrogen-bond acceptors (Lipinski definition) is 4. The fourth-order valence-electron chi connectivity index (χ4n) is 2.36. The largest absolute Gasteiger partial charge is 0.379 e. The van der Waals surface area contributed by atoms with Crippen LogP contribution in [0.3, 0.4) is 0 Å². The summed E-state index contributed by atoms with van der Waals surface area (Å²) >= 11 is 1.76. The topological polar surface area (TPSA) is 48.9 Å². The minimum atomic E-state index is 0. The summed E-state index contributed by atoms with van der Waals surface area (Å²) in [6.07, 6.45) is 0. The van der Waals surface area contributed by atoms with Crippen LogP contribution in [0, 0.1) is 5.92 Å². The van der Waals surface area contributed by atoms with Gasteiger partial charge in [-0.1, -0.05) is 13.0 Å². The van der Waals surface area contributed by atoms with Crippen molar-refractivity contribution in [2.45, 2.75) is 13.5 Å². The van der Waals surface area contributed by atoms with Crippen LogP contribution in [0.15, 0.2) is 22.5 Å². The van der Waals surface area contributed by atoms with Gasteiger partial charge < -0.3 is 15.4 Å². The molecular formula is C15H27IN4OS. The standard InChI is InChI=1S/C15H26N4OS.HI/c1-13(12-19-5-7-20-8-6-19)10-17-15(16-2)18-11-14-4-3-9-21-14;/h3-4,9,13H,5-8,10-12H2,1-2H3,(H2,16,17,18);1H. The molecule has 7 heteroatoms. The first kappa shape index (κ1) is 19.7. The molecule has 0 radical (unpaired) electrons. The summed E-state index contributed by atoms with van der Waals surface area (Å²) in [6.45, 7) is 8.98. The second-order valence-corrected chi connectivity index (χ2v) is 6.44. The molecule has 0 amide bonds. The second-order valence-electron chi connectivity index (χ2n) is 5.40. The van der Waals surface area contributed by atoms with E-state index in [9.17, 15) is 0 Å². The second kappa shape index (κ2) is 11.2. The van der Waals surface area contributed by atoms with Crippen molar-refractivity contribution in [1.82, 2.24) is 15.5 Å². The van der Waals surface area contributed by atoms with Crippen LogP contribution in [0.5, 0.6) is 0 Å². The smallest absolute Gasteiger partial charge is 0.191 e. The lowest BCUT2D eigenvalue weighted by atomic mass is 10.1. The number of thiophene rings is 1. The van der Waals surface area contributed by atoms with Crippen LogP contribution in [-0.4, -0.2) is 57.3 Å². The molecule has 1 fully saturated rings. The molecule has 1 aromatic heterocycles. The van der Waals surface area contributed by atoms with Gasteiger partial charge in [-0.3, -0.25) is 9.89 Å². The highest BCUT2D eigenvalue weighted by molar-refractivity contribution is 14.0. The summed E-state index contributed by atoms with van der Waals surface area (Å²) in [5.41, 5.74) is 0. The lowest BCUT2D eigenvalue weighted by Crippen LogP contribution is -2.43. The quantitative estimate of drug-likeness (QED) is 0.405. The first-order chi connectivity index (χ1) is 10.3. The lowest BCUT2D eigenvalue weighted by Gasteiger charge is -2.29. The zero-order valence-corrected chi connectivity index (χ0v) is 16.5. The van der Waals surface area contributed by atoms with Crippen molar-refractivity contribution in [3.8, 4) is 0 Å². The molecule has 22 heavy (non-hydrogen) atoms. The van der Waals surface area contributed by atoms with Crippen molar-refractivity contribution in [2.75, 3.05) is 46.4 Å². The molecule has 0 saturated carbocycles. The van der Waals surface area contributed by atoms with Crippen LogP contribution in [0.2, 0.25) is 0 Å². The molecule has 0 aromatic carbocycles. The summed E-state index contributed by atoms with van der Waals surface area (Å²) < 4.78 is 5.38. The van der Waals surface area contributed by atoms with Gasteiger partial charge >= 0.3 is 0 Å². The Bertz CT molecular complexity index is 421. The van der Waals surface area contributed by atoms with Crippen molar-refractivity contribution in [1.29, 1.82) is 0 Å². The third-order valence-corrected chi connectivity index (χ3v) is 4.40. The molecule has 0 spiro atoms. The lowest BCUT2D eigenvalue weighted by molar-refractivity contribution is 0.0320. The van der Waals surface area contributed by atoms with Crippen molar-refractivity contribution < 1.29 is 4.74 Å². The molecule has 1 aliphatic heterocycles. The minimum Gasteiger partial charge on any atom is -0.379 e. The molecule has 2 N–H and O–H groups in total. The highest BCUT2D eigenvalue weighted by Crippen LogP contribution is 2.07. The van der Waals surface area contributed by atoms with Gasteiger partial charge in [-0.25, -0.2) is 0 Å². The predicted octanol–water partition coefficient (Wildman–Crippen LogP) is 2.00. The maximum atomic E-state index is 5.38. The maximum absolute atomic E-state index is 5.38. The molecule has 126 valence electrons. The van der Waals surface area contributed by atoms with Crippen LogP contribution in [-0.2, 0) is 11.3 Å². The number of halogens is 1. The fourth-order valence-corrected chi connectivity index (χ4v) is 3.01. The maximum Gasteiger partial charge on any atom is 0.191 e. The van der Waals surface area contributed by atoms with Crippen LogP contribution in [0.25, 0.3) is 0 Å². The predicted molar refractivity (Wildman–Crippen MR) is 104 cm³/mol. The van der Waals surface area contributed by atoms with Gasteiger partial charge in [-0.05, 0) is 17.4 Å². The molecule has 1 aromatic rings. The van der Waals surface area contributed by atoms with Crippen LogP contribution >= 0.6 is 35.3 Å². The highest BCUT2D eigenvalue weighted by Gasteiger charge is 2.13. The Morgan fingerprint density at radius 3 is 2.82 bits per heavy atom. The Hall–Kier alpha value is -0.380. The first-order valence-electron chi connectivity index (χ1n) is 7.55. The average Bonchev–Trinajstić information content (AvgIpc) is 3.02. The number of guanidine groups is 1. The Balaban J connectivity index is 0.00000242. The number of rotatable bonds is 6. The monoisotopic (exact) mass is 438 g/mol. The zero-order chi connectivity index (χ0) is 14.9. The van der Waals surface area contributed by atoms with Gasteiger partial charge in [0.2, 0.25) is 0 Å². The molecule has 1 unspecified atom stereocenters. The summed E-state index contributed by atoms with van der Waals surface area (Å²) in [5.74, 6) is 1.46. The normalized spacial score (nSPS) is 17.6. The average molecular weight is 438 g/mol.